The first-order valence-corrected chi connectivity index (χ1v) is 6.89. The number of halogens is 2. The lowest BCUT2D eigenvalue weighted by atomic mass is 10.4. The van der Waals surface area contributed by atoms with E-state index < -0.39 is 10.0 Å². The zero-order valence-electron chi connectivity index (χ0n) is 9.10. The summed E-state index contributed by atoms with van der Waals surface area (Å²) in [5, 5.41) is 3.56. The summed E-state index contributed by atoms with van der Waals surface area (Å²) in [5.41, 5.74) is 0. The van der Waals surface area contributed by atoms with Crippen LogP contribution in [0.25, 0.3) is 0 Å². The van der Waals surface area contributed by atoms with Gasteiger partial charge >= 0.3 is 0 Å². The van der Waals surface area contributed by atoms with Crippen LogP contribution in [0.2, 0.25) is 5.02 Å². The highest BCUT2D eigenvalue weighted by molar-refractivity contribution is 7.89. The molecule has 1 aromatic rings. The Morgan fingerprint density at radius 3 is 2.47 bits per heavy atom. The molecule has 0 saturated carbocycles. The maximum atomic E-state index is 12.2. The normalized spacial score (nSPS) is 17.5. The van der Waals surface area contributed by atoms with E-state index in [1.807, 2.05) is 0 Å². The molecular formula is C10H14Cl2N2O2S. The molecule has 1 saturated heterocycles. The van der Waals surface area contributed by atoms with Gasteiger partial charge in [0.25, 0.3) is 0 Å². The standard InChI is InChI=1S/C10H13ClN2O2S.ClH/c11-9-2-1-3-10(8-9)16(14,15)13-6-4-12-5-7-13;/h1-3,8,12H,4-7H2;1H. The first-order chi connectivity index (χ1) is 7.60. The third-order valence-electron chi connectivity index (χ3n) is 2.51. The Bertz CT molecular complexity index is 473. The van der Waals surface area contributed by atoms with E-state index in [1.165, 1.54) is 10.4 Å². The van der Waals surface area contributed by atoms with Crippen molar-refractivity contribution in [3.63, 3.8) is 0 Å². The van der Waals surface area contributed by atoms with E-state index in [-0.39, 0.29) is 17.3 Å². The van der Waals surface area contributed by atoms with Gasteiger partial charge in [0.1, 0.15) is 0 Å². The molecule has 17 heavy (non-hydrogen) atoms. The summed E-state index contributed by atoms with van der Waals surface area (Å²) in [6.07, 6.45) is 0. The molecule has 0 atom stereocenters. The molecule has 7 heteroatoms. The molecule has 1 aliphatic heterocycles. The van der Waals surface area contributed by atoms with E-state index in [9.17, 15) is 8.42 Å². The van der Waals surface area contributed by atoms with Gasteiger partial charge in [-0.15, -0.1) is 12.4 Å². The van der Waals surface area contributed by atoms with Crippen LogP contribution in [-0.4, -0.2) is 38.9 Å². The van der Waals surface area contributed by atoms with Gasteiger partial charge in [0.2, 0.25) is 10.0 Å². The molecule has 96 valence electrons. The van der Waals surface area contributed by atoms with Crippen LogP contribution in [0.4, 0.5) is 0 Å². The largest absolute Gasteiger partial charge is 0.314 e. The Kier molecular flexibility index (Phi) is 5.22. The van der Waals surface area contributed by atoms with Crippen molar-refractivity contribution < 1.29 is 8.42 Å². The second kappa shape index (κ2) is 6.02. The fraction of sp³-hybridized carbons (Fsp3) is 0.400. The Morgan fingerprint density at radius 2 is 1.88 bits per heavy atom. The van der Waals surface area contributed by atoms with Crippen LogP contribution in [0.15, 0.2) is 29.2 Å². The molecule has 0 aromatic heterocycles. The van der Waals surface area contributed by atoms with Gasteiger partial charge in [-0.2, -0.15) is 4.31 Å². The second-order valence-electron chi connectivity index (χ2n) is 3.61. The predicted octanol–water partition coefficient (Wildman–Crippen LogP) is 1.36. The van der Waals surface area contributed by atoms with Gasteiger partial charge in [-0.3, -0.25) is 0 Å². The van der Waals surface area contributed by atoms with Crippen molar-refractivity contribution in [1.82, 2.24) is 9.62 Å². The van der Waals surface area contributed by atoms with Crippen LogP contribution in [-0.2, 0) is 10.0 Å². The van der Waals surface area contributed by atoms with Crippen molar-refractivity contribution in [3.05, 3.63) is 29.3 Å². The van der Waals surface area contributed by atoms with E-state index in [4.69, 9.17) is 11.6 Å². The van der Waals surface area contributed by atoms with Crippen molar-refractivity contribution in [2.24, 2.45) is 0 Å². The van der Waals surface area contributed by atoms with E-state index in [1.54, 1.807) is 18.2 Å². The third kappa shape index (κ3) is 3.33. The molecule has 1 aliphatic rings. The molecule has 0 bridgehead atoms. The molecule has 0 radical (unpaired) electrons. The lowest BCUT2D eigenvalue weighted by Gasteiger charge is -2.26. The second-order valence-corrected chi connectivity index (χ2v) is 5.99. The Balaban J connectivity index is 0.00000144. The average molecular weight is 297 g/mol. The molecule has 1 heterocycles. The van der Waals surface area contributed by atoms with Crippen LogP contribution in [0.1, 0.15) is 0 Å². The quantitative estimate of drug-likeness (QED) is 0.896. The summed E-state index contributed by atoms with van der Waals surface area (Å²) >= 11 is 5.79. The zero-order chi connectivity index (χ0) is 11.6. The molecule has 1 N–H and O–H groups in total. The van der Waals surface area contributed by atoms with Gasteiger partial charge in [-0.05, 0) is 18.2 Å². The fourth-order valence-electron chi connectivity index (χ4n) is 1.66. The number of rotatable bonds is 2. The van der Waals surface area contributed by atoms with Crippen LogP contribution >= 0.6 is 24.0 Å². The van der Waals surface area contributed by atoms with E-state index in [2.05, 4.69) is 5.32 Å². The summed E-state index contributed by atoms with van der Waals surface area (Å²) in [6, 6.07) is 6.37. The zero-order valence-corrected chi connectivity index (χ0v) is 11.5. The molecule has 0 amide bonds. The highest BCUT2D eigenvalue weighted by Gasteiger charge is 2.25. The topological polar surface area (TPSA) is 49.4 Å². The number of benzene rings is 1. The van der Waals surface area contributed by atoms with Crippen LogP contribution in [0.3, 0.4) is 0 Å². The van der Waals surface area contributed by atoms with Crippen molar-refractivity contribution in [2.75, 3.05) is 26.2 Å². The molecule has 2 rings (SSSR count). The number of nitrogens with zero attached hydrogens (tertiary/aromatic N) is 1. The summed E-state index contributed by atoms with van der Waals surface area (Å²) in [6.45, 7) is 2.41. The molecule has 0 spiro atoms. The van der Waals surface area contributed by atoms with Crippen molar-refractivity contribution >= 4 is 34.0 Å². The minimum atomic E-state index is -3.38. The SMILES string of the molecule is Cl.O=S(=O)(c1cccc(Cl)c1)N1CCNCC1. The minimum absolute atomic E-state index is 0. The van der Waals surface area contributed by atoms with Gasteiger partial charge < -0.3 is 5.32 Å². The smallest absolute Gasteiger partial charge is 0.243 e. The molecule has 1 aromatic carbocycles. The fourth-order valence-corrected chi connectivity index (χ4v) is 3.40. The molecule has 1 fully saturated rings. The summed E-state index contributed by atoms with van der Waals surface area (Å²) in [5.74, 6) is 0. The van der Waals surface area contributed by atoms with Crippen molar-refractivity contribution in [2.45, 2.75) is 4.90 Å². The summed E-state index contributed by atoms with van der Waals surface area (Å²) < 4.78 is 25.8. The van der Waals surface area contributed by atoms with Gasteiger partial charge in [0.05, 0.1) is 4.90 Å². The molecule has 4 nitrogen and oxygen atoms in total. The van der Waals surface area contributed by atoms with E-state index in [0.29, 0.717) is 31.2 Å². The number of piperazine rings is 1. The van der Waals surface area contributed by atoms with Gasteiger partial charge in [-0.25, -0.2) is 8.42 Å². The van der Waals surface area contributed by atoms with E-state index >= 15 is 0 Å². The van der Waals surface area contributed by atoms with Crippen LogP contribution in [0, 0.1) is 0 Å². The third-order valence-corrected chi connectivity index (χ3v) is 4.64. The number of hydrogen-bond donors (Lipinski definition) is 1. The van der Waals surface area contributed by atoms with E-state index in [0.717, 1.165) is 0 Å². The summed E-state index contributed by atoms with van der Waals surface area (Å²) in [7, 11) is -3.38. The Labute approximate surface area is 112 Å². The Hall–Kier alpha value is -0.330. The maximum absolute atomic E-state index is 12.2. The number of sulfonamides is 1. The summed E-state index contributed by atoms with van der Waals surface area (Å²) in [4.78, 5) is 0.266. The average Bonchev–Trinajstić information content (AvgIpc) is 2.30. The monoisotopic (exact) mass is 296 g/mol. The van der Waals surface area contributed by atoms with Gasteiger partial charge in [0, 0.05) is 31.2 Å². The Morgan fingerprint density at radius 1 is 1.24 bits per heavy atom. The first kappa shape index (κ1) is 14.7. The molecule has 0 aliphatic carbocycles. The van der Waals surface area contributed by atoms with Gasteiger partial charge in [-0.1, -0.05) is 17.7 Å². The number of hydrogen-bond acceptors (Lipinski definition) is 3. The molecule has 0 unspecified atom stereocenters. The maximum Gasteiger partial charge on any atom is 0.243 e. The van der Waals surface area contributed by atoms with Gasteiger partial charge in [0.15, 0.2) is 0 Å². The first-order valence-electron chi connectivity index (χ1n) is 5.07. The minimum Gasteiger partial charge on any atom is -0.314 e. The molecular weight excluding hydrogens is 283 g/mol. The van der Waals surface area contributed by atoms with Crippen molar-refractivity contribution in [1.29, 1.82) is 0 Å². The van der Waals surface area contributed by atoms with Crippen molar-refractivity contribution in [3.8, 4) is 0 Å². The highest BCUT2D eigenvalue weighted by Crippen LogP contribution is 2.19. The van der Waals surface area contributed by atoms with Crippen LogP contribution < -0.4 is 5.32 Å². The lowest BCUT2D eigenvalue weighted by molar-refractivity contribution is 0.360. The highest BCUT2D eigenvalue weighted by atomic mass is 35.5. The predicted molar refractivity (Wildman–Crippen MR) is 70.3 cm³/mol. The van der Waals surface area contributed by atoms with Crippen LogP contribution in [0.5, 0.6) is 0 Å². The number of nitrogens with one attached hydrogen (secondary N) is 1. The lowest BCUT2D eigenvalue weighted by Crippen LogP contribution is -2.46.